The molecule has 2 saturated carbocycles. The number of fused-ring (bicyclic) bond motifs is 2. The Morgan fingerprint density at radius 2 is 1.74 bits per heavy atom. The third-order valence-corrected chi connectivity index (χ3v) is 9.76. The topological polar surface area (TPSA) is 103 Å². The van der Waals surface area contributed by atoms with Crippen LogP contribution >= 0.6 is 0 Å². The first-order valence-electron chi connectivity index (χ1n) is 17.8. The van der Waals surface area contributed by atoms with Crippen molar-refractivity contribution in [3.05, 3.63) is 51.4 Å². The summed E-state index contributed by atoms with van der Waals surface area (Å²) in [6.07, 6.45) is 1.06. The van der Waals surface area contributed by atoms with E-state index in [1.807, 2.05) is 20.8 Å². The number of hydrogen-bond acceptors (Lipinski definition) is 7. The molecule has 2 aromatic rings. The number of allylic oxidation sites excluding steroid dienone is 1. The summed E-state index contributed by atoms with van der Waals surface area (Å²) in [4.78, 5) is 9.09. The summed E-state index contributed by atoms with van der Waals surface area (Å²) in [7, 11) is 1.73. The van der Waals surface area contributed by atoms with Crippen LogP contribution in [-0.2, 0) is 17.3 Å². The molecule has 0 bridgehead atoms. The number of aliphatic hydroxyl groups is 1. The lowest BCUT2D eigenvalue weighted by Gasteiger charge is -2.38. The molecule has 2 fully saturated rings. The van der Waals surface area contributed by atoms with Crippen molar-refractivity contribution in [1.82, 2.24) is 15.3 Å². The minimum Gasteiger partial charge on any atom is -0.495 e. The molecule has 7 nitrogen and oxygen atoms in total. The molecule has 1 aliphatic heterocycles. The van der Waals surface area contributed by atoms with Crippen LogP contribution in [0.4, 0.5) is 27.6 Å². The van der Waals surface area contributed by atoms with Gasteiger partial charge in [-0.3, -0.25) is 0 Å². The molecule has 2 aliphatic carbocycles. The van der Waals surface area contributed by atoms with Crippen molar-refractivity contribution in [3.63, 3.8) is 0 Å². The predicted octanol–water partition coefficient (Wildman–Crippen LogP) is 7.39. The molecule has 0 saturated heterocycles. The van der Waals surface area contributed by atoms with Crippen LogP contribution in [0.1, 0.15) is 109 Å². The fraction of sp³-hybridized carbons (Fsp3) is 0.632. The molecule has 280 valence electrons. The molecular weight excluding hydrogens is 655 g/mol. The number of anilines is 1. The van der Waals surface area contributed by atoms with Gasteiger partial charge in [0.15, 0.2) is 5.83 Å². The van der Waals surface area contributed by atoms with Crippen LogP contribution in [0.5, 0.6) is 6.01 Å². The summed E-state index contributed by atoms with van der Waals surface area (Å²) in [6, 6.07) is 0.591. The summed E-state index contributed by atoms with van der Waals surface area (Å²) in [5.41, 5.74) is 1.62. The van der Waals surface area contributed by atoms with E-state index in [1.165, 1.54) is 6.42 Å². The molecule has 1 aromatic heterocycles. The summed E-state index contributed by atoms with van der Waals surface area (Å²) >= 11 is 0. The summed E-state index contributed by atoms with van der Waals surface area (Å²) < 4.78 is 86.2. The zero-order chi connectivity index (χ0) is 37.6. The average molecular weight is 711 g/mol. The van der Waals surface area contributed by atoms with Crippen molar-refractivity contribution in [2.24, 2.45) is 17.3 Å². The maximum atomic E-state index is 16.8. The Kier molecular flexibility index (Phi) is 14.3. The Morgan fingerprint density at radius 1 is 1.14 bits per heavy atom. The predicted molar refractivity (Wildman–Crippen MR) is 189 cm³/mol. The van der Waals surface area contributed by atoms with Crippen LogP contribution in [0, 0.1) is 30.0 Å². The van der Waals surface area contributed by atoms with E-state index in [2.05, 4.69) is 30.7 Å². The molecule has 4 N–H and O–H groups in total. The first kappa shape index (κ1) is 41.2. The van der Waals surface area contributed by atoms with Gasteiger partial charge in [-0.15, -0.1) is 0 Å². The Hall–Kier alpha value is -3.25. The molecule has 1 aromatic carbocycles. The number of nitrogens with zero attached hydrogens (tertiary/aromatic N) is 2. The van der Waals surface area contributed by atoms with E-state index in [1.54, 1.807) is 14.0 Å². The van der Waals surface area contributed by atoms with Crippen molar-refractivity contribution in [3.8, 4) is 6.01 Å². The van der Waals surface area contributed by atoms with E-state index in [0.29, 0.717) is 30.3 Å². The van der Waals surface area contributed by atoms with E-state index in [9.17, 15) is 22.7 Å². The van der Waals surface area contributed by atoms with Gasteiger partial charge >= 0.3 is 12.2 Å². The molecule has 4 unspecified atom stereocenters. The molecule has 50 heavy (non-hydrogen) atoms. The van der Waals surface area contributed by atoms with Gasteiger partial charge in [-0.25, -0.2) is 8.78 Å². The van der Waals surface area contributed by atoms with E-state index >= 15 is 4.39 Å². The third kappa shape index (κ3) is 9.15. The molecule has 4 atom stereocenters. The second-order valence-corrected chi connectivity index (χ2v) is 13.6. The number of rotatable bonds is 8. The minimum absolute atomic E-state index is 0.0742. The van der Waals surface area contributed by atoms with Gasteiger partial charge in [0.2, 0.25) is 0 Å². The van der Waals surface area contributed by atoms with Crippen LogP contribution in [-0.4, -0.2) is 47.5 Å². The fourth-order valence-corrected chi connectivity index (χ4v) is 6.67. The highest BCUT2D eigenvalue weighted by molar-refractivity contribution is 5.94. The van der Waals surface area contributed by atoms with Gasteiger partial charge in [0.1, 0.15) is 16.9 Å². The number of alkyl halides is 3. The number of halogens is 5. The number of nitrogen functional groups attached to an aromatic ring is 1. The second-order valence-electron chi connectivity index (χ2n) is 13.6. The molecule has 5 rings (SSSR count). The van der Waals surface area contributed by atoms with Crippen molar-refractivity contribution in [1.29, 1.82) is 0 Å². The van der Waals surface area contributed by atoms with Crippen molar-refractivity contribution < 1.29 is 36.5 Å². The van der Waals surface area contributed by atoms with Gasteiger partial charge in [0, 0.05) is 17.5 Å². The lowest BCUT2D eigenvalue weighted by atomic mass is 9.69. The molecule has 12 heteroatoms. The molecule has 2 heterocycles. The quantitative estimate of drug-likeness (QED) is 0.194. The normalized spacial score (nSPS) is 23.1. The maximum Gasteiger partial charge on any atom is 0.417 e. The Bertz CT molecular complexity index is 1620. The lowest BCUT2D eigenvalue weighted by molar-refractivity contribution is -0.138. The van der Waals surface area contributed by atoms with Crippen molar-refractivity contribution >= 4 is 22.8 Å². The number of likely N-dealkylation sites (N-methyl/N-ethyl adjacent to an activating group) is 1. The number of hydrogen-bond donors (Lipinski definition) is 3. The molecule has 0 spiro atoms. The standard InChI is InChI=1S/C33H41F5N4O3.C3H8.C2H6/c1-16-6-7-20-8-9-21(20)12-24-26(19(4)45-16)30(42-31(41-24)44-15-32(10-11-32)25(43)14-40-5)29(35)17(2)22-13-23(39)28(34)18(3)27(22)33(36,37)38;1-3-2;1-2/h13,16,20-21,25,40,43H,2,6-12,14-15,39H2,1,3-5H3;3H2,1-2H3;1-2H3/b26-19+,30-29-;;. The highest BCUT2D eigenvalue weighted by Gasteiger charge is 2.49. The van der Waals surface area contributed by atoms with E-state index in [-0.39, 0.29) is 35.2 Å². The summed E-state index contributed by atoms with van der Waals surface area (Å²) in [5, 5.41) is 13.5. The summed E-state index contributed by atoms with van der Waals surface area (Å²) in [5.74, 6) is -1.34. The second kappa shape index (κ2) is 17.3. The van der Waals surface area contributed by atoms with Crippen LogP contribution in [0.15, 0.2) is 12.6 Å². The maximum absolute atomic E-state index is 16.8. The smallest absolute Gasteiger partial charge is 0.417 e. The van der Waals surface area contributed by atoms with Crippen LogP contribution < -0.4 is 26.4 Å². The number of nitrogens with one attached hydrogen (secondary N) is 1. The van der Waals surface area contributed by atoms with Gasteiger partial charge in [-0.1, -0.05) is 40.7 Å². The zero-order valence-corrected chi connectivity index (χ0v) is 30.8. The van der Waals surface area contributed by atoms with Gasteiger partial charge in [0.05, 0.1) is 41.0 Å². The van der Waals surface area contributed by atoms with Crippen LogP contribution in [0.2, 0.25) is 0 Å². The average Bonchev–Trinajstić information content (AvgIpc) is 3.85. The Balaban J connectivity index is 0.00000128. The highest BCUT2D eigenvalue weighted by atomic mass is 19.4. The largest absolute Gasteiger partial charge is 0.495 e. The molecular formula is C38H55F5N4O3. The third-order valence-electron chi connectivity index (χ3n) is 9.76. The SMILES string of the molecule is C=C(/C(F)=c1/nc(OCC2(C(O)CNC)CC2)nc2/c1=C(/C)OC(C)CCC1CCC1C2)c1cc(N)c(F)c(C)c1C(F)(F)F.CC.CCC. The molecule has 0 amide bonds. The summed E-state index contributed by atoms with van der Waals surface area (Å²) in [6.45, 7) is 16.9. The van der Waals surface area contributed by atoms with Crippen LogP contribution in [0.25, 0.3) is 17.2 Å². The zero-order valence-electron chi connectivity index (χ0n) is 30.8. The van der Waals surface area contributed by atoms with E-state index in [0.717, 1.165) is 51.5 Å². The number of ether oxygens (including phenoxy) is 2. The number of nitrogens with two attached hydrogens (primary N) is 1. The Labute approximate surface area is 293 Å². The first-order chi connectivity index (χ1) is 23.6. The monoisotopic (exact) mass is 710 g/mol. The van der Waals surface area contributed by atoms with Crippen molar-refractivity contribution in [2.45, 2.75) is 118 Å². The number of aromatic nitrogens is 2. The van der Waals surface area contributed by atoms with Gasteiger partial charge < -0.3 is 25.6 Å². The fourth-order valence-electron chi connectivity index (χ4n) is 6.67. The highest BCUT2D eigenvalue weighted by Crippen LogP contribution is 2.49. The van der Waals surface area contributed by atoms with Gasteiger partial charge in [-0.2, -0.15) is 23.1 Å². The number of aliphatic hydroxyl groups excluding tert-OH is 1. The van der Waals surface area contributed by atoms with Crippen molar-refractivity contribution in [2.75, 3.05) is 25.9 Å². The van der Waals surface area contributed by atoms with Gasteiger partial charge in [-0.05, 0) is 102 Å². The number of benzene rings is 1. The Morgan fingerprint density at radius 3 is 2.28 bits per heavy atom. The van der Waals surface area contributed by atoms with Gasteiger partial charge in [0.25, 0.3) is 0 Å². The molecule has 0 radical (unpaired) electrons. The van der Waals surface area contributed by atoms with E-state index in [4.69, 9.17) is 20.2 Å². The minimum atomic E-state index is -5.02. The lowest BCUT2D eigenvalue weighted by Crippen LogP contribution is -2.41. The molecule has 3 aliphatic rings. The van der Waals surface area contributed by atoms with E-state index < -0.39 is 57.3 Å². The van der Waals surface area contributed by atoms with Crippen LogP contribution in [0.3, 0.4) is 0 Å². The first-order valence-corrected chi connectivity index (χ1v) is 17.8.